The molecule has 1 fully saturated rings. The summed E-state index contributed by atoms with van der Waals surface area (Å²) in [6, 6.07) is 0. The van der Waals surface area contributed by atoms with Crippen LogP contribution in [0.4, 0.5) is 0 Å². The van der Waals surface area contributed by atoms with E-state index in [0.29, 0.717) is 0 Å². The monoisotopic (exact) mass is 450 g/mol. The normalized spacial score (nSPS) is 24.0. The summed E-state index contributed by atoms with van der Waals surface area (Å²) in [5.41, 5.74) is 0. The van der Waals surface area contributed by atoms with Crippen LogP contribution < -0.4 is 42.5 Å². The van der Waals surface area contributed by atoms with E-state index >= 15 is 0 Å². The molecule has 1 aliphatic heterocycles. The smallest absolute Gasteiger partial charge is 0.0162 e. The quantitative estimate of drug-likeness (QED) is 0.208. The molecule has 0 aromatic rings. The number of hydrogen-bond acceptors (Lipinski definition) is 10. The van der Waals surface area contributed by atoms with E-state index in [1.54, 1.807) is 0 Å². The summed E-state index contributed by atoms with van der Waals surface area (Å²) < 4.78 is 0. The average Bonchev–Trinajstić information content (AvgIpc) is 2.73. The second kappa shape index (κ2) is 24.6. The fourth-order valence-corrected chi connectivity index (χ4v) is 4.76. The molecule has 29 heavy (non-hydrogen) atoms. The lowest BCUT2D eigenvalue weighted by atomic mass is 10.4. The third kappa shape index (κ3) is 22.9. The first-order valence-corrected chi connectivity index (χ1v) is 13.9. The zero-order chi connectivity index (χ0) is 20.5. The fourth-order valence-electron chi connectivity index (χ4n) is 2.73. The van der Waals surface area contributed by atoms with Crippen LogP contribution >= 0.6 is 21.6 Å². The second-order valence-electron chi connectivity index (χ2n) is 7.00. The molecule has 0 unspecified atom stereocenters. The maximum absolute atomic E-state index is 3.52. The third-order valence-electron chi connectivity index (χ3n) is 4.38. The Morgan fingerprint density at radius 2 is 0.552 bits per heavy atom. The Kier molecular flexibility index (Phi) is 23.3. The summed E-state index contributed by atoms with van der Waals surface area (Å²) in [4.78, 5) is 0. The van der Waals surface area contributed by atoms with Crippen LogP contribution in [0.1, 0.15) is 6.42 Å². The van der Waals surface area contributed by atoms with Gasteiger partial charge in [0.2, 0.25) is 0 Å². The molecule has 8 N–H and O–H groups in total. The molecule has 1 heterocycles. The molecule has 0 bridgehead atoms. The minimum absolute atomic E-state index is 1.02. The van der Waals surface area contributed by atoms with E-state index in [1.807, 2.05) is 21.6 Å². The largest absolute Gasteiger partial charge is 0.315 e. The Bertz CT molecular complexity index is 175. The molecule has 0 aromatic carbocycles. The van der Waals surface area contributed by atoms with Crippen molar-refractivity contribution in [2.24, 2.45) is 0 Å². The zero-order valence-electron chi connectivity index (χ0n) is 18.3. The highest BCUT2D eigenvalue weighted by atomic mass is 33.1. The number of rotatable bonds is 0. The van der Waals surface area contributed by atoms with Gasteiger partial charge in [0.15, 0.2) is 0 Å². The summed E-state index contributed by atoms with van der Waals surface area (Å²) in [7, 11) is 3.99. The summed E-state index contributed by atoms with van der Waals surface area (Å²) in [6.07, 6.45) is 1.24. The molecular weight excluding hydrogens is 404 g/mol. The maximum atomic E-state index is 3.52. The molecule has 0 radical (unpaired) electrons. The highest BCUT2D eigenvalue weighted by Gasteiger charge is 1.95. The van der Waals surface area contributed by atoms with Gasteiger partial charge in [0, 0.05) is 110 Å². The van der Waals surface area contributed by atoms with Crippen LogP contribution in [0.3, 0.4) is 0 Å². The van der Waals surface area contributed by atoms with Crippen molar-refractivity contribution in [2.45, 2.75) is 6.42 Å². The van der Waals surface area contributed by atoms with Crippen molar-refractivity contribution in [1.82, 2.24) is 42.5 Å². The van der Waals surface area contributed by atoms with Gasteiger partial charge >= 0.3 is 0 Å². The molecule has 1 rings (SSSR count). The van der Waals surface area contributed by atoms with Crippen LogP contribution in [-0.2, 0) is 0 Å². The van der Waals surface area contributed by atoms with Crippen molar-refractivity contribution in [1.29, 1.82) is 0 Å². The van der Waals surface area contributed by atoms with Crippen LogP contribution in [0.2, 0.25) is 0 Å². The van der Waals surface area contributed by atoms with Gasteiger partial charge in [0.25, 0.3) is 0 Å². The van der Waals surface area contributed by atoms with Crippen LogP contribution in [0.5, 0.6) is 0 Å². The first-order chi connectivity index (χ1) is 14.5. The summed E-state index contributed by atoms with van der Waals surface area (Å²) >= 11 is 0. The van der Waals surface area contributed by atoms with Crippen molar-refractivity contribution >= 4 is 21.6 Å². The highest BCUT2D eigenvalue weighted by Crippen LogP contribution is 2.20. The van der Waals surface area contributed by atoms with Crippen LogP contribution in [0.25, 0.3) is 0 Å². The van der Waals surface area contributed by atoms with E-state index in [1.165, 1.54) is 17.9 Å². The van der Waals surface area contributed by atoms with Crippen LogP contribution in [0, 0.1) is 0 Å². The van der Waals surface area contributed by atoms with E-state index in [0.717, 1.165) is 105 Å². The number of hydrogen-bond donors (Lipinski definition) is 8. The molecule has 0 aromatic heterocycles. The Hall–Kier alpha value is 0.380. The molecule has 10 heteroatoms. The lowest BCUT2D eigenvalue weighted by molar-refractivity contribution is 0.546. The SMILES string of the molecule is C1CNCCNCCNCCNCCNCCNCCNCCNCCSSC1. The van der Waals surface area contributed by atoms with Gasteiger partial charge in [0.05, 0.1) is 0 Å². The predicted molar refractivity (Wildman–Crippen MR) is 132 cm³/mol. The molecule has 0 atom stereocenters. The van der Waals surface area contributed by atoms with Gasteiger partial charge in [-0.2, -0.15) is 0 Å². The van der Waals surface area contributed by atoms with E-state index in [9.17, 15) is 0 Å². The highest BCUT2D eigenvalue weighted by molar-refractivity contribution is 8.76. The molecule has 0 spiro atoms. The second-order valence-corrected chi connectivity index (χ2v) is 9.70. The number of nitrogens with one attached hydrogen (secondary N) is 8. The molecule has 1 aliphatic rings. The van der Waals surface area contributed by atoms with Gasteiger partial charge in [-0.15, -0.1) is 0 Å². The van der Waals surface area contributed by atoms with Crippen molar-refractivity contribution in [3.8, 4) is 0 Å². The molecule has 8 nitrogen and oxygen atoms in total. The third-order valence-corrected chi connectivity index (χ3v) is 6.87. The molecule has 0 saturated carbocycles. The summed E-state index contributed by atoms with van der Waals surface area (Å²) in [6.45, 7) is 16.7. The summed E-state index contributed by atoms with van der Waals surface area (Å²) in [5.74, 6) is 2.41. The topological polar surface area (TPSA) is 96.2 Å². The zero-order valence-corrected chi connectivity index (χ0v) is 19.9. The van der Waals surface area contributed by atoms with Gasteiger partial charge in [-0.1, -0.05) is 21.6 Å². The Balaban J connectivity index is 2.00. The van der Waals surface area contributed by atoms with E-state index in [4.69, 9.17) is 0 Å². The van der Waals surface area contributed by atoms with Gasteiger partial charge in [-0.3, -0.25) is 0 Å². The van der Waals surface area contributed by atoms with Crippen LogP contribution in [0.15, 0.2) is 0 Å². The first kappa shape index (κ1) is 27.4. The lowest BCUT2D eigenvalue weighted by Gasteiger charge is -2.09. The van der Waals surface area contributed by atoms with Gasteiger partial charge in [-0.05, 0) is 13.0 Å². The Morgan fingerprint density at radius 3 is 0.931 bits per heavy atom. The van der Waals surface area contributed by atoms with Gasteiger partial charge in [-0.25, -0.2) is 0 Å². The van der Waals surface area contributed by atoms with Crippen molar-refractivity contribution in [3.05, 3.63) is 0 Å². The van der Waals surface area contributed by atoms with Crippen molar-refractivity contribution in [3.63, 3.8) is 0 Å². The molecule has 174 valence electrons. The van der Waals surface area contributed by atoms with E-state index in [-0.39, 0.29) is 0 Å². The van der Waals surface area contributed by atoms with Gasteiger partial charge < -0.3 is 42.5 Å². The Labute approximate surface area is 186 Å². The van der Waals surface area contributed by atoms with Crippen molar-refractivity contribution in [2.75, 3.05) is 116 Å². The van der Waals surface area contributed by atoms with Crippen LogP contribution in [-0.4, -0.2) is 116 Å². The minimum Gasteiger partial charge on any atom is -0.315 e. The lowest BCUT2D eigenvalue weighted by Crippen LogP contribution is -2.38. The Morgan fingerprint density at radius 1 is 0.276 bits per heavy atom. The fraction of sp³-hybridized carbons (Fsp3) is 1.00. The van der Waals surface area contributed by atoms with E-state index in [2.05, 4.69) is 42.5 Å². The molecular formula is C19H46N8S2. The van der Waals surface area contributed by atoms with Crippen molar-refractivity contribution < 1.29 is 0 Å². The molecule has 1 saturated heterocycles. The minimum atomic E-state index is 1.02. The predicted octanol–water partition coefficient (Wildman–Crippen LogP) is -1.51. The summed E-state index contributed by atoms with van der Waals surface area (Å²) in [5, 5.41) is 27.8. The average molecular weight is 451 g/mol. The maximum Gasteiger partial charge on any atom is 0.0162 e. The van der Waals surface area contributed by atoms with E-state index < -0.39 is 0 Å². The van der Waals surface area contributed by atoms with Gasteiger partial charge in [0.1, 0.15) is 0 Å². The first-order valence-electron chi connectivity index (χ1n) is 11.4. The standard InChI is InChI=1S/C19H46N8S2/c1-2-20-3-4-21-5-6-22-7-8-23-9-10-24-11-12-25-13-14-26-15-16-27-17-19-29-28-18-1/h20-27H,1-19H2. The molecule has 0 amide bonds. The molecule has 0 aliphatic carbocycles.